The molecule has 0 aliphatic heterocycles. The molecule has 0 aliphatic carbocycles. The first-order valence-corrected chi connectivity index (χ1v) is 7.51. The number of para-hydroxylation sites is 1. The summed E-state index contributed by atoms with van der Waals surface area (Å²) < 4.78 is 0. The van der Waals surface area contributed by atoms with Crippen LogP contribution in [0.3, 0.4) is 0 Å². The second-order valence-electron chi connectivity index (χ2n) is 5.25. The maximum atomic E-state index is 12.3. The molecule has 0 aromatic heterocycles. The van der Waals surface area contributed by atoms with E-state index in [1.54, 1.807) is 0 Å². The molecule has 0 aliphatic rings. The summed E-state index contributed by atoms with van der Waals surface area (Å²) >= 11 is 0. The highest BCUT2D eigenvalue weighted by Gasteiger charge is 2.18. The molecule has 0 saturated heterocycles. The molecule has 0 heterocycles. The lowest BCUT2D eigenvalue weighted by Gasteiger charge is -2.21. The fourth-order valence-electron chi connectivity index (χ4n) is 2.36. The number of rotatable bonds is 7. The van der Waals surface area contributed by atoms with Crippen LogP contribution in [-0.4, -0.2) is 32.6 Å². The fraction of sp³-hybridized carbons (Fsp3) is 0.278. The Bertz CT molecular complexity index is 581. The number of benzene rings is 2. The van der Waals surface area contributed by atoms with Crippen molar-refractivity contribution in [2.45, 2.75) is 5.92 Å². The zero-order valence-electron chi connectivity index (χ0n) is 13.7. The summed E-state index contributed by atoms with van der Waals surface area (Å²) in [6, 6.07) is 19.8. The van der Waals surface area contributed by atoms with Crippen LogP contribution >= 0.6 is 24.8 Å². The Kier molecular flexibility index (Phi) is 10.9. The van der Waals surface area contributed by atoms with E-state index in [1.807, 2.05) is 55.6 Å². The van der Waals surface area contributed by atoms with Crippen LogP contribution in [-0.2, 0) is 4.79 Å². The number of likely N-dealkylation sites (N-methyl/N-ethyl adjacent to an activating group) is 1. The van der Waals surface area contributed by atoms with Crippen LogP contribution in [0.4, 0.5) is 5.69 Å². The van der Waals surface area contributed by atoms with Crippen molar-refractivity contribution < 1.29 is 4.79 Å². The maximum absolute atomic E-state index is 12.3. The third-order valence-electron chi connectivity index (χ3n) is 3.70. The summed E-state index contributed by atoms with van der Waals surface area (Å²) in [6.07, 6.45) is 0. The largest absolute Gasteiger partial charge is 0.373 e. The van der Waals surface area contributed by atoms with Gasteiger partial charge in [-0.25, -0.2) is 0 Å². The van der Waals surface area contributed by atoms with Gasteiger partial charge in [-0.1, -0.05) is 48.5 Å². The van der Waals surface area contributed by atoms with Gasteiger partial charge in [0.1, 0.15) is 0 Å². The Hall–Kier alpha value is -1.75. The molecule has 1 atom stereocenters. The van der Waals surface area contributed by atoms with Crippen LogP contribution in [0, 0.1) is 0 Å². The quantitative estimate of drug-likeness (QED) is 0.788. The molecule has 24 heavy (non-hydrogen) atoms. The minimum Gasteiger partial charge on any atom is -0.373 e. The molecule has 6 heteroatoms. The number of nitrogens with zero attached hydrogens (tertiary/aromatic N) is 1. The average molecular weight is 370 g/mol. The molecule has 1 unspecified atom stereocenters. The van der Waals surface area contributed by atoms with E-state index in [1.165, 1.54) is 0 Å². The van der Waals surface area contributed by atoms with Gasteiger partial charge in [-0.2, -0.15) is 0 Å². The predicted molar refractivity (Wildman–Crippen MR) is 105 cm³/mol. The van der Waals surface area contributed by atoms with E-state index in [0.29, 0.717) is 13.1 Å². The standard InChI is InChI=1S/C18H23N3O.2ClH/c1-21(16-10-6-3-7-11-16)13-12-20-18(22)17(14-19)15-8-4-2-5-9-15;;/h2-11,17H,12-14,19H2,1H3,(H,20,22);2*1H. The summed E-state index contributed by atoms with van der Waals surface area (Å²) in [5.41, 5.74) is 7.85. The van der Waals surface area contributed by atoms with Crippen molar-refractivity contribution in [1.82, 2.24) is 5.32 Å². The lowest BCUT2D eigenvalue weighted by atomic mass is 9.98. The van der Waals surface area contributed by atoms with Crippen LogP contribution < -0.4 is 16.0 Å². The van der Waals surface area contributed by atoms with E-state index in [0.717, 1.165) is 17.8 Å². The summed E-state index contributed by atoms with van der Waals surface area (Å²) in [4.78, 5) is 14.4. The highest BCUT2D eigenvalue weighted by Crippen LogP contribution is 2.14. The molecule has 0 spiro atoms. The molecule has 0 bridgehead atoms. The first kappa shape index (κ1) is 22.2. The number of carbonyl (C=O) groups excluding carboxylic acids is 1. The van der Waals surface area contributed by atoms with Gasteiger partial charge >= 0.3 is 0 Å². The van der Waals surface area contributed by atoms with E-state index in [2.05, 4.69) is 22.3 Å². The molecule has 1 amide bonds. The van der Waals surface area contributed by atoms with Gasteiger partial charge in [-0.05, 0) is 17.7 Å². The topological polar surface area (TPSA) is 58.4 Å². The molecule has 3 N–H and O–H groups in total. The van der Waals surface area contributed by atoms with Crippen molar-refractivity contribution in [3.63, 3.8) is 0 Å². The molecule has 2 aromatic carbocycles. The second kappa shape index (κ2) is 11.7. The Morgan fingerprint density at radius 1 is 1.04 bits per heavy atom. The summed E-state index contributed by atoms with van der Waals surface area (Å²) in [7, 11) is 2.01. The van der Waals surface area contributed by atoms with Crippen molar-refractivity contribution in [3.05, 3.63) is 66.2 Å². The third-order valence-corrected chi connectivity index (χ3v) is 3.70. The lowest BCUT2D eigenvalue weighted by molar-refractivity contribution is -0.122. The smallest absolute Gasteiger partial charge is 0.228 e. The van der Waals surface area contributed by atoms with E-state index in [-0.39, 0.29) is 36.6 Å². The van der Waals surface area contributed by atoms with Crippen molar-refractivity contribution in [1.29, 1.82) is 0 Å². The number of hydrogen-bond acceptors (Lipinski definition) is 3. The van der Waals surface area contributed by atoms with Gasteiger partial charge in [0.2, 0.25) is 5.91 Å². The van der Waals surface area contributed by atoms with Gasteiger partial charge in [0.25, 0.3) is 0 Å². The Morgan fingerprint density at radius 3 is 2.12 bits per heavy atom. The summed E-state index contributed by atoms with van der Waals surface area (Å²) in [5.74, 6) is -0.307. The minimum atomic E-state index is -0.289. The Labute approximate surface area is 156 Å². The molecule has 0 radical (unpaired) electrons. The molecule has 2 aromatic rings. The molecule has 132 valence electrons. The normalized spacial score (nSPS) is 10.8. The monoisotopic (exact) mass is 369 g/mol. The fourth-order valence-corrected chi connectivity index (χ4v) is 2.36. The zero-order valence-corrected chi connectivity index (χ0v) is 15.4. The summed E-state index contributed by atoms with van der Waals surface area (Å²) in [6.45, 7) is 1.65. The highest BCUT2D eigenvalue weighted by atomic mass is 35.5. The summed E-state index contributed by atoms with van der Waals surface area (Å²) in [5, 5.41) is 2.97. The highest BCUT2D eigenvalue weighted by molar-refractivity contribution is 5.85. The number of amides is 1. The number of hydrogen-bond donors (Lipinski definition) is 2. The average Bonchev–Trinajstić information content (AvgIpc) is 2.57. The number of nitrogens with one attached hydrogen (secondary N) is 1. The lowest BCUT2D eigenvalue weighted by Crippen LogP contribution is -2.38. The number of carbonyl (C=O) groups is 1. The molecular weight excluding hydrogens is 345 g/mol. The SMILES string of the molecule is CN(CCNC(=O)C(CN)c1ccccc1)c1ccccc1.Cl.Cl. The molecule has 4 nitrogen and oxygen atoms in total. The van der Waals surface area contributed by atoms with Gasteiger partial charge in [0.05, 0.1) is 5.92 Å². The first-order chi connectivity index (χ1) is 10.7. The maximum Gasteiger partial charge on any atom is 0.228 e. The van der Waals surface area contributed by atoms with Crippen molar-refractivity contribution >= 4 is 36.4 Å². The molecule has 2 rings (SSSR count). The molecule has 0 fully saturated rings. The van der Waals surface area contributed by atoms with Gasteiger partial charge in [-0.3, -0.25) is 4.79 Å². The van der Waals surface area contributed by atoms with Crippen LogP contribution in [0.2, 0.25) is 0 Å². The predicted octanol–water partition coefficient (Wildman–Crippen LogP) is 2.83. The number of anilines is 1. The second-order valence-corrected chi connectivity index (χ2v) is 5.25. The first-order valence-electron chi connectivity index (χ1n) is 7.51. The van der Waals surface area contributed by atoms with Crippen molar-refractivity contribution in [3.8, 4) is 0 Å². The van der Waals surface area contributed by atoms with Crippen LogP contribution in [0.25, 0.3) is 0 Å². The molecular formula is C18H25Cl2N3O. The van der Waals surface area contributed by atoms with E-state index < -0.39 is 0 Å². The van der Waals surface area contributed by atoms with Gasteiger partial charge in [0, 0.05) is 32.4 Å². The minimum absolute atomic E-state index is 0. The van der Waals surface area contributed by atoms with E-state index in [4.69, 9.17) is 5.73 Å². The van der Waals surface area contributed by atoms with Gasteiger partial charge in [-0.15, -0.1) is 24.8 Å². The van der Waals surface area contributed by atoms with E-state index >= 15 is 0 Å². The molecule has 0 saturated carbocycles. The van der Waals surface area contributed by atoms with E-state index in [9.17, 15) is 4.79 Å². The van der Waals surface area contributed by atoms with Crippen LogP contribution in [0.1, 0.15) is 11.5 Å². The zero-order chi connectivity index (χ0) is 15.8. The number of halogens is 2. The van der Waals surface area contributed by atoms with Gasteiger partial charge < -0.3 is 16.0 Å². The van der Waals surface area contributed by atoms with Gasteiger partial charge in [0.15, 0.2) is 0 Å². The van der Waals surface area contributed by atoms with Crippen molar-refractivity contribution in [2.24, 2.45) is 5.73 Å². The third kappa shape index (κ3) is 6.40. The number of nitrogens with two attached hydrogens (primary N) is 1. The van der Waals surface area contributed by atoms with Crippen LogP contribution in [0.5, 0.6) is 0 Å². The Balaban J connectivity index is 0.00000264. The Morgan fingerprint density at radius 2 is 1.58 bits per heavy atom. The van der Waals surface area contributed by atoms with Crippen molar-refractivity contribution in [2.75, 3.05) is 31.6 Å². The van der Waals surface area contributed by atoms with Crippen LogP contribution in [0.15, 0.2) is 60.7 Å².